The molecule has 1 aliphatic carbocycles. The van der Waals surface area contributed by atoms with E-state index in [1.54, 1.807) is 14.2 Å². The number of likely N-dealkylation sites (tertiary alicyclic amines) is 1. The number of rotatable bonds is 5. The number of nitriles is 1. The van der Waals surface area contributed by atoms with Gasteiger partial charge in [0.25, 0.3) is 0 Å². The van der Waals surface area contributed by atoms with Gasteiger partial charge in [-0.2, -0.15) is 5.26 Å². The quantitative estimate of drug-likeness (QED) is 0.898. The number of methoxy groups -OCH3 is 2. The number of benzene rings is 1. The van der Waals surface area contributed by atoms with Crippen molar-refractivity contribution >= 4 is 5.69 Å². The second-order valence-corrected chi connectivity index (χ2v) is 6.85. The second-order valence-electron chi connectivity index (χ2n) is 6.85. The summed E-state index contributed by atoms with van der Waals surface area (Å²) in [4.78, 5) is 2.58. The zero-order valence-corrected chi connectivity index (χ0v) is 14.6. The Morgan fingerprint density at radius 3 is 2.25 bits per heavy atom. The van der Waals surface area contributed by atoms with E-state index in [9.17, 15) is 0 Å². The van der Waals surface area contributed by atoms with Crippen molar-refractivity contribution in [3.8, 4) is 17.6 Å². The first-order chi connectivity index (χ1) is 11.7. The fraction of sp³-hybridized carbons (Fsp3) is 0.632. The third-order valence-electron chi connectivity index (χ3n) is 5.36. The highest BCUT2D eigenvalue weighted by Gasteiger charge is 2.31. The Bertz CT molecular complexity index is 569. The van der Waals surface area contributed by atoms with Crippen molar-refractivity contribution in [3.63, 3.8) is 0 Å². The van der Waals surface area contributed by atoms with E-state index >= 15 is 0 Å². The fourth-order valence-corrected chi connectivity index (χ4v) is 3.94. The minimum Gasteiger partial charge on any atom is -0.497 e. The molecule has 1 N–H and O–H groups in total. The number of anilines is 1. The maximum absolute atomic E-state index is 9.07. The number of hydrogen-bond acceptors (Lipinski definition) is 5. The van der Waals surface area contributed by atoms with Crippen LogP contribution in [0.4, 0.5) is 5.69 Å². The third-order valence-corrected chi connectivity index (χ3v) is 5.36. The number of nitrogens with zero attached hydrogens (tertiary/aromatic N) is 2. The largest absolute Gasteiger partial charge is 0.497 e. The normalized spacial score (nSPS) is 25.2. The second kappa shape index (κ2) is 7.76. The summed E-state index contributed by atoms with van der Waals surface area (Å²) in [5, 5.41) is 12.7. The lowest BCUT2D eigenvalue weighted by Crippen LogP contribution is -2.43. The van der Waals surface area contributed by atoms with Gasteiger partial charge < -0.3 is 19.7 Å². The van der Waals surface area contributed by atoms with Gasteiger partial charge in [-0.1, -0.05) is 0 Å². The predicted octanol–water partition coefficient (Wildman–Crippen LogP) is 3.27. The van der Waals surface area contributed by atoms with Crippen molar-refractivity contribution in [2.75, 3.05) is 32.6 Å². The first kappa shape index (κ1) is 16.9. The SMILES string of the molecule is COc1cc(NC2CCN(C3CCC(C#N)C3)CC2)cc(OC)c1. The summed E-state index contributed by atoms with van der Waals surface area (Å²) in [5.41, 5.74) is 1.05. The molecule has 130 valence electrons. The molecule has 0 aromatic heterocycles. The van der Waals surface area contributed by atoms with E-state index in [1.807, 2.05) is 18.2 Å². The summed E-state index contributed by atoms with van der Waals surface area (Å²) in [5.74, 6) is 1.89. The molecule has 0 radical (unpaired) electrons. The number of piperidine rings is 1. The van der Waals surface area contributed by atoms with Crippen LogP contribution in [0, 0.1) is 17.2 Å². The van der Waals surface area contributed by atoms with Gasteiger partial charge in [-0.15, -0.1) is 0 Å². The van der Waals surface area contributed by atoms with Crippen LogP contribution in [-0.2, 0) is 0 Å². The molecule has 1 aromatic carbocycles. The highest BCUT2D eigenvalue weighted by Crippen LogP contribution is 2.32. The van der Waals surface area contributed by atoms with Crippen molar-refractivity contribution in [1.29, 1.82) is 5.26 Å². The van der Waals surface area contributed by atoms with Crippen LogP contribution in [0.2, 0.25) is 0 Å². The molecule has 3 rings (SSSR count). The molecule has 2 unspecified atom stereocenters. The van der Waals surface area contributed by atoms with Gasteiger partial charge in [0, 0.05) is 55.0 Å². The molecule has 0 bridgehead atoms. The molecule has 0 spiro atoms. The average Bonchev–Trinajstić information content (AvgIpc) is 3.11. The lowest BCUT2D eigenvalue weighted by molar-refractivity contribution is 0.157. The van der Waals surface area contributed by atoms with Crippen LogP contribution in [0.1, 0.15) is 32.1 Å². The van der Waals surface area contributed by atoms with Crippen molar-refractivity contribution < 1.29 is 9.47 Å². The number of hydrogen-bond donors (Lipinski definition) is 1. The van der Waals surface area contributed by atoms with Crippen LogP contribution in [0.25, 0.3) is 0 Å². The highest BCUT2D eigenvalue weighted by molar-refractivity contribution is 5.54. The Kier molecular flexibility index (Phi) is 5.47. The molecule has 1 saturated heterocycles. The van der Waals surface area contributed by atoms with Crippen LogP contribution in [-0.4, -0.2) is 44.3 Å². The Labute approximate surface area is 144 Å². The summed E-state index contributed by atoms with van der Waals surface area (Å²) in [6.07, 6.45) is 5.58. The molecule has 0 amide bonds. The number of nitrogens with one attached hydrogen (secondary N) is 1. The molecule has 2 atom stereocenters. The van der Waals surface area contributed by atoms with Gasteiger partial charge in [0.2, 0.25) is 0 Å². The van der Waals surface area contributed by atoms with Gasteiger partial charge in [-0.25, -0.2) is 0 Å². The van der Waals surface area contributed by atoms with Crippen molar-refractivity contribution in [2.24, 2.45) is 5.92 Å². The molecule has 5 heteroatoms. The van der Waals surface area contributed by atoms with Gasteiger partial charge >= 0.3 is 0 Å². The lowest BCUT2D eigenvalue weighted by atomic mass is 10.0. The maximum atomic E-state index is 9.07. The summed E-state index contributed by atoms with van der Waals surface area (Å²) >= 11 is 0. The van der Waals surface area contributed by atoms with E-state index in [4.69, 9.17) is 14.7 Å². The molecule has 2 aliphatic rings. The van der Waals surface area contributed by atoms with Gasteiger partial charge in [-0.3, -0.25) is 0 Å². The number of ether oxygens (including phenoxy) is 2. The smallest absolute Gasteiger partial charge is 0.124 e. The van der Waals surface area contributed by atoms with Crippen molar-refractivity contribution in [3.05, 3.63) is 18.2 Å². The molecule has 1 heterocycles. The molecule has 24 heavy (non-hydrogen) atoms. The molecule has 1 aromatic rings. The highest BCUT2D eigenvalue weighted by atomic mass is 16.5. The van der Waals surface area contributed by atoms with Gasteiger partial charge in [0.1, 0.15) is 11.5 Å². The summed E-state index contributed by atoms with van der Waals surface area (Å²) in [6, 6.07) is 9.45. The molecular formula is C19H27N3O2. The molecule has 2 fully saturated rings. The minimum atomic E-state index is 0.273. The lowest BCUT2D eigenvalue weighted by Gasteiger charge is -2.36. The van der Waals surface area contributed by atoms with Gasteiger partial charge in [0.05, 0.1) is 20.3 Å². The summed E-state index contributed by atoms with van der Waals surface area (Å²) < 4.78 is 10.7. The van der Waals surface area contributed by atoms with Crippen LogP contribution >= 0.6 is 0 Å². The Hall–Kier alpha value is -1.93. The topological polar surface area (TPSA) is 57.5 Å². The average molecular weight is 329 g/mol. The summed E-state index contributed by atoms with van der Waals surface area (Å²) in [6.45, 7) is 2.23. The minimum absolute atomic E-state index is 0.273. The summed E-state index contributed by atoms with van der Waals surface area (Å²) in [7, 11) is 3.35. The van der Waals surface area contributed by atoms with Crippen molar-refractivity contribution in [2.45, 2.75) is 44.2 Å². The van der Waals surface area contributed by atoms with E-state index in [1.165, 1.54) is 6.42 Å². The third kappa shape index (κ3) is 3.93. The van der Waals surface area contributed by atoms with Gasteiger partial charge in [0.15, 0.2) is 0 Å². The first-order valence-corrected chi connectivity index (χ1v) is 8.85. The molecule has 1 aliphatic heterocycles. The van der Waals surface area contributed by atoms with Crippen LogP contribution in [0.3, 0.4) is 0 Å². The maximum Gasteiger partial charge on any atom is 0.124 e. The van der Waals surface area contributed by atoms with E-state index < -0.39 is 0 Å². The Morgan fingerprint density at radius 1 is 1.04 bits per heavy atom. The monoisotopic (exact) mass is 329 g/mol. The first-order valence-electron chi connectivity index (χ1n) is 8.85. The predicted molar refractivity (Wildman–Crippen MR) is 94.5 cm³/mol. The van der Waals surface area contributed by atoms with E-state index in [0.29, 0.717) is 12.1 Å². The Balaban J connectivity index is 1.53. The molecule has 1 saturated carbocycles. The zero-order valence-electron chi connectivity index (χ0n) is 14.6. The molecular weight excluding hydrogens is 302 g/mol. The van der Waals surface area contributed by atoms with Crippen LogP contribution in [0.15, 0.2) is 18.2 Å². The Morgan fingerprint density at radius 2 is 1.71 bits per heavy atom. The van der Waals surface area contributed by atoms with E-state index in [-0.39, 0.29) is 5.92 Å². The van der Waals surface area contributed by atoms with E-state index in [2.05, 4.69) is 16.3 Å². The van der Waals surface area contributed by atoms with E-state index in [0.717, 1.165) is 56.0 Å². The van der Waals surface area contributed by atoms with Crippen LogP contribution in [0.5, 0.6) is 11.5 Å². The molecule has 5 nitrogen and oxygen atoms in total. The van der Waals surface area contributed by atoms with Crippen LogP contribution < -0.4 is 14.8 Å². The zero-order chi connectivity index (χ0) is 16.9. The fourth-order valence-electron chi connectivity index (χ4n) is 3.94. The van der Waals surface area contributed by atoms with Gasteiger partial charge in [-0.05, 0) is 32.1 Å². The van der Waals surface area contributed by atoms with Crippen molar-refractivity contribution in [1.82, 2.24) is 4.90 Å². The standard InChI is InChI=1S/C19H27N3O2/c1-23-18-10-16(11-19(12-18)24-2)21-15-5-7-22(8-6-15)17-4-3-14(9-17)13-20/h10-12,14-15,17,21H,3-9H2,1-2H3.